The van der Waals surface area contributed by atoms with Crippen LogP contribution >= 0.6 is 0 Å². The largest absolute Gasteiger partial charge is 0.373 e. The first-order valence-corrected chi connectivity index (χ1v) is 7.97. The van der Waals surface area contributed by atoms with Crippen LogP contribution in [0.4, 0.5) is 5.82 Å². The molecule has 108 valence electrons. The van der Waals surface area contributed by atoms with E-state index in [1.165, 1.54) is 38.5 Å². The highest BCUT2D eigenvalue weighted by molar-refractivity contribution is 5.37. The molecule has 1 aromatic rings. The van der Waals surface area contributed by atoms with Crippen LogP contribution in [0.15, 0.2) is 6.07 Å². The summed E-state index contributed by atoms with van der Waals surface area (Å²) in [6, 6.07) is 1.98. The Morgan fingerprint density at radius 1 is 1.15 bits per heavy atom. The zero-order valence-electron chi connectivity index (χ0n) is 12.2. The molecule has 4 fully saturated rings. The third-order valence-corrected chi connectivity index (χ3v) is 5.76. The maximum Gasteiger partial charge on any atom is 0.137 e. The molecule has 0 atom stereocenters. The molecule has 1 aromatic heterocycles. The molecule has 4 aliphatic rings. The average molecular weight is 272 g/mol. The number of rotatable bonds is 3. The van der Waals surface area contributed by atoms with E-state index < -0.39 is 0 Å². The summed E-state index contributed by atoms with van der Waals surface area (Å²) in [5.41, 5.74) is 7.04. The fourth-order valence-electron chi connectivity index (χ4n) is 5.35. The second kappa shape index (κ2) is 4.42. The van der Waals surface area contributed by atoms with E-state index in [4.69, 9.17) is 15.7 Å². The highest BCUT2D eigenvalue weighted by Crippen LogP contribution is 2.60. The highest BCUT2D eigenvalue weighted by atomic mass is 15.0. The molecule has 4 aliphatic carbocycles. The van der Waals surface area contributed by atoms with E-state index in [1.54, 1.807) is 0 Å². The number of nitrogens with zero attached hydrogens (tertiary/aromatic N) is 2. The fourth-order valence-corrected chi connectivity index (χ4v) is 5.35. The lowest BCUT2D eigenvalue weighted by atomic mass is 9.49. The van der Waals surface area contributed by atoms with Crippen molar-refractivity contribution in [1.29, 1.82) is 0 Å². The minimum atomic E-state index is 0.255. The van der Waals surface area contributed by atoms with E-state index in [0.717, 1.165) is 35.1 Å². The van der Waals surface area contributed by atoms with Crippen LogP contribution < -0.4 is 11.1 Å². The van der Waals surface area contributed by atoms with Crippen molar-refractivity contribution in [3.8, 4) is 0 Å². The molecule has 0 aromatic carbocycles. The molecule has 20 heavy (non-hydrogen) atoms. The van der Waals surface area contributed by atoms with Gasteiger partial charge in [0, 0.05) is 25.1 Å². The Hall–Kier alpha value is -1.16. The predicted molar refractivity (Wildman–Crippen MR) is 79.3 cm³/mol. The summed E-state index contributed by atoms with van der Waals surface area (Å²) in [5.74, 6) is 4.76. The Balaban J connectivity index is 1.76. The van der Waals surface area contributed by atoms with Crippen LogP contribution in [0.5, 0.6) is 0 Å². The van der Waals surface area contributed by atoms with Crippen LogP contribution in [0.1, 0.15) is 50.0 Å². The molecule has 3 N–H and O–H groups in total. The molecule has 4 heteroatoms. The smallest absolute Gasteiger partial charge is 0.137 e. The first kappa shape index (κ1) is 12.6. The van der Waals surface area contributed by atoms with Crippen molar-refractivity contribution in [2.24, 2.45) is 23.5 Å². The fraction of sp³-hybridized carbons (Fsp3) is 0.750. The lowest BCUT2D eigenvalue weighted by Crippen LogP contribution is -2.49. The average Bonchev–Trinajstić information content (AvgIpc) is 2.45. The monoisotopic (exact) mass is 272 g/mol. The summed E-state index contributed by atoms with van der Waals surface area (Å²) < 4.78 is 0. The number of hydrogen-bond donors (Lipinski definition) is 2. The molecular weight excluding hydrogens is 248 g/mol. The van der Waals surface area contributed by atoms with Gasteiger partial charge < -0.3 is 11.1 Å². The number of anilines is 1. The SMILES string of the molecule is CNc1cc(CN)nc(C23CC4CC(CC(C4)C2)C3)n1. The summed E-state index contributed by atoms with van der Waals surface area (Å²) in [7, 11) is 1.92. The van der Waals surface area contributed by atoms with Gasteiger partial charge in [0.2, 0.25) is 0 Å². The summed E-state index contributed by atoms with van der Waals surface area (Å²) in [6.07, 6.45) is 8.26. The zero-order chi connectivity index (χ0) is 13.7. The van der Waals surface area contributed by atoms with Crippen LogP contribution in [0.25, 0.3) is 0 Å². The number of aromatic nitrogens is 2. The second-order valence-electron chi connectivity index (χ2n) is 7.22. The Morgan fingerprint density at radius 2 is 1.75 bits per heavy atom. The van der Waals surface area contributed by atoms with Crippen LogP contribution in [0.2, 0.25) is 0 Å². The van der Waals surface area contributed by atoms with Crippen molar-refractivity contribution < 1.29 is 0 Å². The molecule has 4 bridgehead atoms. The van der Waals surface area contributed by atoms with Gasteiger partial charge in [0.05, 0.1) is 5.69 Å². The molecule has 0 aliphatic heterocycles. The molecule has 4 saturated carbocycles. The molecule has 0 saturated heterocycles. The van der Waals surface area contributed by atoms with Crippen molar-refractivity contribution >= 4 is 5.82 Å². The van der Waals surface area contributed by atoms with Gasteiger partial charge in [-0.1, -0.05) is 0 Å². The number of hydrogen-bond acceptors (Lipinski definition) is 4. The molecular formula is C16H24N4. The summed E-state index contributed by atoms with van der Waals surface area (Å²) in [4.78, 5) is 9.63. The normalized spacial score (nSPS) is 38.2. The van der Waals surface area contributed by atoms with E-state index in [2.05, 4.69) is 5.32 Å². The van der Waals surface area contributed by atoms with Gasteiger partial charge >= 0.3 is 0 Å². The Labute approximate surface area is 120 Å². The molecule has 0 unspecified atom stereocenters. The van der Waals surface area contributed by atoms with Gasteiger partial charge in [0.25, 0.3) is 0 Å². The van der Waals surface area contributed by atoms with Gasteiger partial charge in [-0.05, 0) is 56.3 Å². The van der Waals surface area contributed by atoms with Crippen molar-refractivity contribution in [2.45, 2.75) is 50.5 Å². The quantitative estimate of drug-likeness (QED) is 0.887. The molecule has 5 rings (SSSR count). The minimum absolute atomic E-state index is 0.255. The third kappa shape index (κ3) is 1.85. The van der Waals surface area contributed by atoms with Gasteiger partial charge in [-0.25, -0.2) is 9.97 Å². The van der Waals surface area contributed by atoms with Crippen LogP contribution in [-0.2, 0) is 12.0 Å². The first-order chi connectivity index (χ1) is 9.70. The number of nitrogens with two attached hydrogens (primary N) is 1. The molecule has 4 nitrogen and oxygen atoms in total. The van der Waals surface area contributed by atoms with Crippen molar-refractivity contribution in [3.63, 3.8) is 0 Å². The standard InChI is InChI=1S/C16H24N4/c1-18-14-5-13(9-17)19-15(20-14)16-6-10-2-11(7-16)4-12(3-10)8-16/h5,10-12H,2-4,6-9,17H2,1H3,(H,18,19,20). The maximum absolute atomic E-state index is 5.82. The summed E-state index contributed by atoms with van der Waals surface area (Å²) >= 11 is 0. The molecule has 0 spiro atoms. The zero-order valence-corrected chi connectivity index (χ0v) is 12.2. The maximum atomic E-state index is 5.82. The van der Waals surface area contributed by atoms with E-state index in [9.17, 15) is 0 Å². The highest BCUT2D eigenvalue weighted by Gasteiger charge is 2.53. The Morgan fingerprint density at radius 3 is 2.25 bits per heavy atom. The number of nitrogens with one attached hydrogen (secondary N) is 1. The molecule has 0 radical (unpaired) electrons. The first-order valence-electron chi connectivity index (χ1n) is 7.97. The van der Waals surface area contributed by atoms with Gasteiger partial charge in [-0.15, -0.1) is 0 Å². The summed E-state index contributed by atoms with van der Waals surface area (Å²) in [5, 5.41) is 3.17. The van der Waals surface area contributed by atoms with Gasteiger partial charge in [-0.2, -0.15) is 0 Å². The van der Waals surface area contributed by atoms with Crippen molar-refractivity contribution in [1.82, 2.24) is 9.97 Å². The van der Waals surface area contributed by atoms with Crippen molar-refractivity contribution in [2.75, 3.05) is 12.4 Å². The third-order valence-electron chi connectivity index (χ3n) is 5.76. The van der Waals surface area contributed by atoms with E-state index >= 15 is 0 Å². The predicted octanol–water partition coefficient (Wildman–Crippen LogP) is 2.44. The topological polar surface area (TPSA) is 63.8 Å². The van der Waals surface area contributed by atoms with E-state index in [0.29, 0.717) is 6.54 Å². The van der Waals surface area contributed by atoms with E-state index in [-0.39, 0.29) is 5.41 Å². The van der Waals surface area contributed by atoms with Crippen LogP contribution in [0, 0.1) is 17.8 Å². The van der Waals surface area contributed by atoms with Gasteiger partial charge in [0.15, 0.2) is 0 Å². The van der Waals surface area contributed by atoms with E-state index in [1.807, 2.05) is 13.1 Å². The summed E-state index contributed by atoms with van der Waals surface area (Å²) in [6.45, 7) is 0.497. The lowest BCUT2D eigenvalue weighted by molar-refractivity contribution is -0.00942. The van der Waals surface area contributed by atoms with Crippen LogP contribution in [0.3, 0.4) is 0 Å². The van der Waals surface area contributed by atoms with Crippen LogP contribution in [-0.4, -0.2) is 17.0 Å². The van der Waals surface area contributed by atoms with Crippen molar-refractivity contribution in [3.05, 3.63) is 17.6 Å². The molecule has 0 amide bonds. The molecule has 1 heterocycles. The van der Waals surface area contributed by atoms with Gasteiger partial charge in [0.1, 0.15) is 11.6 Å². The Bertz CT molecular complexity index is 468. The van der Waals surface area contributed by atoms with Gasteiger partial charge in [-0.3, -0.25) is 0 Å². The minimum Gasteiger partial charge on any atom is -0.373 e. The second-order valence-corrected chi connectivity index (χ2v) is 7.22. The Kier molecular flexibility index (Phi) is 2.78. The lowest BCUT2D eigenvalue weighted by Gasteiger charge is -2.56.